The van der Waals surface area contributed by atoms with Crippen molar-refractivity contribution in [1.82, 2.24) is 14.9 Å². The number of carbonyl (C=O) groups is 1. The van der Waals surface area contributed by atoms with E-state index in [9.17, 15) is 4.79 Å². The number of benzene rings is 3. The Balaban J connectivity index is 1.37. The lowest BCUT2D eigenvalue weighted by molar-refractivity contribution is -0.120. The van der Waals surface area contributed by atoms with Gasteiger partial charge < -0.3 is 14.6 Å². The first kappa shape index (κ1) is 23.6. The van der Waals surface area contributed by atoms with Gasteiger partial charge in [0.2, 0.25) is 5.91 Å². The monoisotopic (exact) mass is 455 g/mol. The van der Waals surface area contributed by atoms with E-state index in [0.717, 1.165) is 47.6 Å². The van der Waals surface area contributed by atoms with Crippen LogP contribution in [0.25, 0.3) is 11.0 Å². The maximum Gasteiger partial charge on any atom is 0.224 e. The van der Waals surface area contributed by atoms with Crippen molar-refractivity contribution in [1.29, 1.82) is 0 Å². The Morgan fingerprint density at radius 3 is 2.38 bits per heavy atom. The highest BCUT2D eigenvalue weighted by Gasteiger charge is 2.12. The summed E-state index contributed by atoms with van der Waals surface area (Å²) in [6.45, 7) is 5.85. The molecular weight excluding hydrogens is 422 g/mol. The van der Waals surface area contributed by atoms with E-state index in [1.165, 1.54) is 11.1 Å². The minimum atomic E-state index is 0.0314. The third-order valence-electron chi connectivity index (χ3n) is 6.14. The highest BCUT2D eigenvalue weighted by atomic mass is 16.5. The lowest BCUT2D eigenvalue weighted by Crippen LogP contribution is -2.26. The Morgan fingerprint density at radius 2 is 1.68 bits per heavy atom. The minimum absolute atomic E-state index is 0.0314. The smallest absolute Gasteiger partial charge is 0.224 e. The predicted octanol–water partition coefficient (Wildman–Crippen LogP) is 5.51. The molecule has 0 unspecified atom stereocenters. The van der Waals surface area contributed by atoms with Gasteiger partial charge in [-0.25, -0.2) is 4.98 Å². The zero-order valence-electron chi connectivity index (χ0n) is 20.3. The van der Waals surface area contributed by atoms with Crippen LogP contribution < -0.4 is 10.1 Å². The average molecular weight is 456 g/mol. The summed E-state index contributed by atoms with van der Waals surface area (Å²) in [6, 6.07) is 24.8. The summed E-state index contributed by atoms with van der Waals surface area (Å²) in [5, 5.41) is 3.04. The molecule has 176 valence electrons. The van der Waals surface area contributed by atoms with Crippen LogP contribution in [-0.4, -0.2) is 29.1 Å². The Bertz CT molecular complexity index is 1220. The summed E-state index contributed by atoms with van der Waals surface area (Å²) in [4.78, 5) is 17.2. The van der Waals surface area contributed by atoms with Crippen LogP contribution in [0.5, 0.6) is 5.75 Å². The van der Waals surface area contributed by atoms with E-state index < -0.39 is 0 Å². The maximum absolute atomic E-state index is 12.3. The van der Waals surface area contributed by atoms with Crippen molar-refractivity contribution in [2.45, 2.75) is 45.6 Å². The molecule has 0 atom stereocenters. The molecule has 1 aromatic heterocycles. The van der Waals surface area contributed by atoms with Gasteiger partial charge in [-0.1, -0.05) is 62.4 Å². The minimum Gasteiger partial charge on any atom is -0.497 e. The second-order valence-electron chi connectivity index (χ2n) is 8.98. The molecule has 0 saturated carbocycles. The van der Waals surface area contributed by atoms with E-state index in [4.69, 9.17) is 9.72 Å². The van der Waals surface area contributed by atoms with E-state index in [0.29, 0.717) is 18.9 Å². The number of amides is 1. The third-order valence-corrected chi connectivity index (χ3v) is 6.14. The number of nitrogens with one attached hydrogen (secondary N) is 1. The van der Waals surface area contributed by atoms with Gasteiger partial charge in [-0.2, -0.15) is 0 Å². The first-order valence-electron chi connectivity index (χ1n) is 12.0. The van der Waals surface area contributed by atoms with Gasteiger partial charge in [0.25, 0.3) is 0 Å². The normalized spacial score (nSPS) is 11.2. The number of carbonyl (C=O) groups excluding carboxylic acids is 1. The van der Waals surface area contributed by atoms with Crippen molar-refractivity contribution < 1.29 is 9.53 Å². The topological polar surface area (TPSA) is 56.1 Å². The fraction of sp³-hybridized carbons (Fsp3) is 0.310. The second kappa shape index (κ2) is 11.0. The van der Waals surface area contributed by atoms with Crippen LogP contribution in [0.3, 0.4) is 0 Å². The zero-order chi connectivity index (χ0) is 23.9. The van der Waals surface area contributed by atoms with Crippen LogP contribution in [0, 0.1) is 0 Å². The van der Waals surface area contributed by atoms with Crippen LogP contribution in [0.1, 0.15) is 48.7 Å². The van der Waals surface area contributed by atoms with E-state index >= 15 is 0 Å². The number of para-hydroxylation sites is 2. The molecule has 34 heavy (non-hydrogen) atoms. The number of imidazole rings is 1. The number of fused-ring (bicyclic) bond motifs is 1. The molecule has 0 aliphatic rings. The highest BCUT2D eigenvalue weighted by Crippen LogP contribution is 2.21. The van der Waals surface area contributed by atoms with Gasteiger partial charge in [0.05, 0.1) is 24.6 Å². The van der Waals surface area contributed by atoms with Crippen molar-refractivity contribution in [3.05, 3.63) is 95.3 Å². The molecule has 0 spiro atoms. The summed E-state index contributed by atoms with van der Waals surface area (Å²) in [7, 11) is 1.64. The number of nitrogens with zero attached hydrogens (tertiary/aromatic N) is 2. The van der Waals surface area contributed by atoms with Crippen molar-refractivity contribution in [2.75, 3.05) is 13.7 Å². The quantitative estimate of drug-likeness (QED) is 0.321. The van der Waals surface area contributed by atoms with Crippen LogP contribution in [0.2, 0.25) is 0 Å². The van der Waals surface area contributed by atoms with Crippen LogP contribution in [0.4, 0.5) is 0 Å². The Labute approximate surface area is 201 Å². The van der Waals surface area contributed by atoms with Crippen molar-refractivity contribution in [3.63, 3.8) is 0 Å². The van der Waals surface area contributed by atoms with Crippen molar-refractivity contribution >= 4 is 16.9 Å². The molecular formula is C29H33N3O2. The molecule has 4 aromatic rings. The number of aromatic nitrogens is 2. The second-order valence-corrected chi connectivity index (χ2v) is 8.98. The summed E-state index contributed by atoms with van der Waals surface area (Å²) in [6.07, 6.45) is 2.01. The Kier molecular flexibility index (Phi) is 7.63. The molecule has 0 bridgehead atoms. The molecule has 5 heteroatoms. The van der Waals surface area contributed by atoms with Crippen LogP contribution in [-0.2, 0) is 24.2 Å². The molecule has 0 aliphatic carbocycles. The summed E-state index contributed by atoms with van der Waals surface area (Å²) >= 11 is 0. The third kappa shape index (κ3) is 5.84. The SMILES string of the molecule is COc1ccc(CC(=O)NCCCc2nc3ccccc3n2Cc2ccc(C(C)C)cc2)cc1. The maximum atomic E-state index is 12.3. The molecule has 1 heterocycles. The molecule has 5 nitrogen and oxygen atoms in total. The van der Waals surface area contributed by atoms with Crippen molar-refractivity contribution in [3.8, 4) is 5.75 Å². The molecule has 4 rings (SSSR count). The van der Waals surface area contributed by atoms with Gasteiger partial charge in [-0.3, -0.25) is 4.79 Å². The number of ether oxygens (including phenoxy) is 1. The summed E-state index contributed by atoms with van der Waals surface area (Å²) in [5.74, 6) is 2.41. The molecule has 1 amide bonds. The number of hydrogen-bond acceptors (Lipinski definition) is 3. The molecule has 0 fully saturated rings. The van der Waals surface area contributed by atoms with Crippen molar-refractivity contribution in [2.24, 2.45) is 0 Å². The number of aryl methyl sites for hydroxylation is 1. The molecule has 0 saturated heterocycles. The van der Waals surface area contributed by atoms with E-state index in [-0.39, 0.29) is 5.91 Å². The summed E-state index contributed by atoms with van der Waals surface area (Å²) in [5.41, 5.74) is 5.75. The first-order valence-corrected chi connectivity index (χ1v) is 12.0. The Morgan fingerprint density at radius 1 is 0.971 bits per heavy atom. The molecule has 0 radical (unpaired) electrons. The lowest BCUT2D eigenvalue weighted by atomic mass is 10.0. The van der Waals surface area contributed by atoms with Crippen LogP contribution in [0.15, 0.2) is 72.8 Å². The highest BCUT2D eigenvalue weighted by molar-refractivity contribution is 5.78. The summed E-state index contributed by atoms with van der Waals surface area (Å²) < 4.78 is 7.48. The van der Waals surface area contributed by atoms with Gasteiger partial charge in [0, 0.05) is 19.5 Å². The van der Waals surface area contributed by atoms with Gasteiger partial charge in [0.15, 0.2) is 0 Å². The van der Waals surface area contributed by atoms with Gasteiger partial charge in [-0.05, 0) is 53.3 Å². The molecule has 3 aromatic carbocycles. The van der Waals surface area contributed by atoms with Gasteiger partial charge >= 0.3 is 0 Å². The van der Waals surface area contributed by atoms with Gasteiger partial charge in [0.1, 0.15) is 11.6 Å². The standard InChI is InChI=1S/C29H33N3O2/c1-21(2)24-14-10-23(11-15-24)20-32-27-8-5-4-7-26(27)31-28(32)9-6-18-30-29(33)19-22-12-16-25(34-3)17-13-22/h4-5,7-8,10-17,21H,6,9,18-20H2,1-3H3,(H,30,33). The fourth-order valence-electron chi connectivity index (χ4n) is 4.15. The molecule has 0 aliphatic heterocycles. The predicted molar refractivity (Wildman–Crippen MR) is 137 cm³/mol. The number of hydrogen-bond donors (Lipinski definition) is 1. The van der Waals surface area contributed by atoms with Crippen LogP contribution >= 0.6 is 0 Å². The average Bonchev–Trinajstić information content (AvgIpc) is 3.20. The van der Waals surface area contributed by atoms with E-state index in [1.54, 1.807) is 7.11 Å². The Hall–Kier alpha value is -3.60. The largest absolute Gasteiger partial charge is 0.497 e. The van der Waals surface area contributed by atoms with E-state index in [2.05, 4.69) is 66.2 Å². The lowest BCUT2D eigenvalue weighted by Gasteiger charge is -2.12. The number of methoxy groups -OCH3 is 1. The van der Waals surface area contributed by atoms with E-state index in [1.807, 2.05) is 30.3 Å². The number of rotatable bonds is 10. The van der Waals surface area contributed by atoms with Gasteiger partial charge in [-0.15, -0.1) is 0 Å². The zero-order valence-corrected chi connectivity index (χ0v) is 20.3. The fourth-order valence-corrected chi connectivity index (χ4v) is 4.15. The molecule has 1 N–H and O–H groups in total. The first-order chi connectivity index (χ1) is 16.5.